The van der Waals surface area contributed by atoms with Crippen molar-refractivity contribution >= 4 is 11.0 Å². The van der Waals surface area contributed by atoms with Gasteiger partial charge < -0.3 is 9.26 Å². The summed E-state index contributed by atoms with van der Waals surface area (Å²) in [7, 11) is 1.67. The van der Waals surface area contributed by atoms with Crippen LogP contribution in [0.1, 0.15) is 12.5 Å². The van der Waals surface area contributed by atoms with E-state index in [2.05, 4.69) is 12.1 Å². The Hall–Kier alpha value is -1.51. The van der Waals surface area contributed by atoms with Crippen LogP contribution in [0, 0.1) is 0 Å². The van der Waals surface area contributed by atoms with E-state index < -0.39 is 0 Å². The van der Waals surface area contributed by atoms with Crippen LogP contribution in [0.15, 0.2) is 22.9 Å². The number of ether oxygens (including phenoxy) is 1. The molecular weight excluding hydrogens is 166 g/mol. The molecule has 0 bridgehead atoms. The maximum Gasteiger partial charge on any atom is 0.167 e. The first-order chi connectivity index (χ1) is 6.36. The third kappa shape index (κ3) is 1.16. The topological polar surface area (TPSA) is 35.3 Å². The molecule has 1 aromatic heterocycles. The predicted molar refractivity (Wildman–Crippen MR) is 49.9 cm³/mol. The van der Waals surface area contributed by atoms with E-state index in [1.807, 2.05) is 12.1 Å². The van der Waals surface area contributed by atoms with Crippen LogP contribution in [0.5, 0.6) is 5.75 Å². The minimum absolute atomic E-state index is 0.817. The second-order valence-electron chi connectivity index (χ2n) is 2.84. The van der Waals surface area contributed by atoms with Crippen LogP contribution >= 0.6 is 0 Å². The minimum atomic E-state index is 0.817. The fourth-order valence-corrected chi connectivity index (χ4v) is 1.54. The molecule has 3 heteroatoms. The summed E-state index contributed by atoms with van der Waals surface area (Å²) in [6.45, 7) is 2.09. The molecule has 2 rings (SSSR count). The lowest BCUT2D eigenvalue weighted by molar-refractivity contribution is 0.410. The molecule has 0 spiro atoms. The SMILES string of the molecule is CCc1c(OC)ccc2oncc12. The van der Waals surface area contributed by atoms with E-state index in [0.717, 1.165) is 28.7 Å². The van der Waals surface area contributed by atoms with Gasteiger partial charge in [-0.15, -0.1) is 0 Å². The summed E-state index contributed by atoms with van der Waals surface area (Å²) in [5.41, 5.74) is 1.97. The number of methoxy groups -OCH3 is 1. The molecule has 0 radical (unpaired) electrons. The van der Waals surface area contributed by atoms with Gasteiger partial charge in [0.15, 0.2) is 5.58 Å². The lowest BCUT2D eigenvalue weighted by Crippen LogP contribution is -1.90. The summed E-state index contributed by atoms with van der Waals surface area (Å²) < 4.78 is 10.3. The Morgan fingerprint density at radius 3 is 3.00 bits per heavy atom. The third-order valence-corrected chi connectivity index (χ3v) is 2.18. The van der Waals surface area contributed by atoms with Gasteiger partial charge in [-0.3, -0.25) is 0 Å². The molecule has 13 heavy (non-hydrogen) atoms. The van der Waals surface area contributed by atoms with Gasteiger partial charge in [-0.1, -0.05) is 12.1 Å². The molecular formula is C10H11NO2. The number of nitrogens with zero attached hydrogens (tertiary/aromatic N) is 1. The number of rotatable bonds is 2. The number of hydrogen-bond donors (Lipinski definition) is 0. The standard InChI is InChI=1S/C10H11NO2/c1-3-7-8-6-11-13-10(8)5-4-9(7)12-2/h4-6H,3H2,1-2H3. The minimum Gasteiger partial charge on any atom is -0.496 e. The lowest BCUT2D eigenvalue weighted by atomic mass is 10.1. The number of hydrogen-bond acceptors (Lipinski definition) is 3. The molecule has 0 aliphatic carbocycles. The Labute approximate surface area is 76.3 Å². The molecule has 0 atom stereocenters. The zero-order valence-corrected chi connectivity index (χ0v) is 7.70. The molecule has 0 amide bonds. The summed E-state index contributed by atoms with van der Waals surface area (Å²) in [6, 6.07) is 3.78. The molecule has 0 fully saturated rings. The van der Waals surface area contributed by atoms with Gasteiger partial charge in [0, 0.05) is 10.9 Å². The van der Waals surface area contributed by atoms with Crippen molar-refractivity contribution in [3.05, 3.63) is 23.9 Å². The zero-order chi connectivity index (χ0) is 9.26. The van der Waals surface area contributed by atoms with Crippen molar-refractivity contribution in [2.75, 3.05) is 7.11 Å². The smallest absolute Gasteiger partial charge is 0.167 e. The maximum absolute atomic E-state index is 5.24. The van der Waals surface area contributed by atoms with Crippen molar-refractivity contribution < 1.29 is 9.26 Å². The van der Waals surface area contributed by atoms with Gasteiger partial charge >= 0.3 is 0 Å². The second-order valence-corrected chi connectivity index (χ2v) is 2.84. The van der Waals surface area contributed by atoms with Gasteiger partial charge in [-0.2, -0.15) is 0 Å². The Bertz CT molecular complexity index is 420. The first-order valence-corrected chi connectivity index (χ1v) is 4.27. The normalized spacial score (nSPS) is 10.6. The third-order valence-electron chi connectivity index (χ3n) is 2.18. The summed E-state index contributed by atoms with van der Waals surface area (Å²) >= 11 is 0. The summed E-state index contributed by atoms with van der Waals surface area (Å²) in [5.74, 6) is 0.901. The van der Waals surface area contributed by atoms with E-state index in [4.69, 9.17) is 9.26 Å². The van der Waals surface area contributed by atoms with Crippen LogP contribution < -0.4 is 4.74 Å². The van der Waals surface area contributed by atoms with Gasteiger partial charge in [0.2, 0.25) is 0 Å². The Balaban J connectivity index is 2.74. The quantitative estimate of drug-likeness (QED) is 0.706. The molecule has 68 valence electrons. The fourth-order valence-electron chi connectivity index (χ4n) is 1.54. The van der Waals surface area contributed by atoms with Crippen LogP contribution in [-0.2, 0) is 6.42 Å². The molecule has 0 saturated carbocycles. The molecule has 0 N–H and O–H groups in total. The molecule has 0 unspecified atom stereocenters. The van der Waals surface area contributed by atoms with E-state index in [1.165, 1.54) is 0 Å². The monoisotopic (exact) mass is 177 g/mol. The number of fused-ring (bicyclic) bond motifs is 1. The van der Waals surface area contributed by atoms with E-state index in [0.29, 0.717) is 0 Å². The van der Waals surface area contributed by atoms with E-state index >= 15 is 0 Å². The fraction of sp³-hybridized carbons (Fsp3) is 0.300. The molecule has 1 heterocycles. The highest BCUT2D eigenvalue weighted by molar-refractivity contribution is 5.82. The highest BCUT2D eigenvalue weighted by atomic mass is 16.5. The largest absolute Gasteiger partial charge is 0.496 e. The molecule has 2 aromatic rings. The lowest BCUT2D eigenvalue weighted by Gasteiger charge is -2.05. The van der Waals surface area contributed by atoms with Crippen molar-refractivity contribution in [2.24, 2.45) is 0 Å². The van der Waals surface area contributed by atoms with Gasteiger partial charge in [-0.05, 0) is 18.6 Å². The Kier molecular flexibility index (Phi) is 1.93. The Morgan fingerprint density at radius 2 is 2.31 bits per heavy atom. The van der Waals surface area contributed by atoms with E-state index in [1.54, 1.807) is 13.3 Å². The van der Waals surface area contributed by atoms with Gasteiger partial charge in [-0.25, -0.2) is 0 Å². The van der Waals surface area contributed by atoms with Crippen LogP contribution in [0.4, 0.5) is 0 Å². The highest BCUT2D eigenvalue weighted by Crippen LogP contribution is 2.27. The van der Waals surface area contributed by atoms with Crippen molar-refractivity contribution in [3.8, 4) is 5.75 Å². The van der Waals surface area contributed by atoms with Crippen LogP contribution in [0.25, 0.3) is 11.0 Å². The number of aromatic nitrogens is 1. The summed E-state index contributed by atoms with van der Waals surface area (Å²) in [6.07, 6.45) is 2.65. The van der Waals surface area contributed by atoms with Crippen molar-refractivity contribution in [1.82, 2.24) is 5.16 Å². The van der Waals surface area contributed by atoms with Gasteiger partial charge in [0.1, 0.15) is 5.75 Å². The van der Waals surface area contributed by atoms with Crippen LogP contribution in [-0.4, -0.2) is 12.3 Å². The zero-order valence-electron chi connectivity index (χ0n) is 7.70. The first-order valence-electron chi connectivity index (χ1n) is 4.27. The number of aryl methyl sites for hydroxylation is 1. The molecule has 1 aromatic carbocycles. The van der Waals surface area contributed by atoms with E-state index in [9.17, 15) is 0 Å². The molecule has 0 aliphatic rings. The average Bonchev–Trinajstić information content (AvgIpc) is 2.63. The number of benzene rings is 1. The van der Waals surface area contributed by atoms with Gasteiger partial charge in [0.25, 0.3) is 0 Å². The molecule has 3 nitrogen and oxygen atoms in total. The maximum atomic E-state index is 5.24. The highest BCUT2D eigenvalue weighted by Gasteiger charge is 2.08. The average molecular weight is 177 g/mol. The van der Waals surface area contributed by atoms with E-state index in [-0.39, 0.29) is 0 Å². The molecule has 0 aliphatic heterocycles. The first kappa shape index (κ1) is 8.10. The summed E-state index contributed by atoms with van der Waals surface area (Å²) in [4.78, 5) is 0. The van der Waals surface area contributed by atoms with Gasteiger partial charge in [0.05, 0.1) is 13.3 Å². The predicted octanol–water partition coefficient (Wildman–Crippen LogP) is 2.40. The second kappa shape index (κ2) is 3.09. The van der Waals surface area contributed by atoms with Crippen LogP contribution in [0.3, 0.4) is 0 Å². The van der Waals surface area contributed by atoms with Crippen molar-refractivity contribution in [3.63, 3.8) is 0 Å². The summed E-state index contributed by atoms with van der Waals surface area (Å²) in [5, 5.41) is 4.80. The van der Waals surface area contributed by atoms with Crippen molar-refractivity contribution in [1.29, 1.82) is 0 Å². The van der Waals surface area contributed by atoms with Crippen molar-refractivity contribution in [2.45, 2.75) is 13.3 Å². The Morgan fingerprint density at radius 1 is 1.46 bits per heavy atom. The van der Waals surface area contributed by atoms with Crippen LogP contribution in [0.2, 0.25) is 0 Å². The molecule has 0 saturated heterocycles.